The number of hydrogen-bond acceptors (Lipinski definition) is 0. The van der Waals surface area contributed by atoms with E-state index in [1.807, 2.05) is 0 Å². The monoisotopic (exact) mass is 1910 g/mol. The van der Waals surface area contributed by atoms with Crippen LogP contribution in [0.3, 0.4) is 0 Å². The average molecular weight is 1910 g/mol. The molecule has 24 aromatic carbocycles. The van der Waals surface area contributed by atoms with Crippen LogP contribution in [0.4, 0.5) is 0 Å². The molecule has 0 unspecified atom stereocenters. The molecule has 150 heavy (non-hydrogen) atoms. The minimum atomic E-state index is 1.16. The van der Waals surface area contributed by atoms with Gasteiger partial charge in [0.05, 0.1) is 66.2 Å². The van der Waals surface area contributed by atoms with E-state index in [2.05, 4.69) is 610 Å². The van der Waals surface area contributed by atoms with E-state index in [1.54, 1.807) is 0 Å². The molecule has 0 aliphatic carbocycles. The minimum Gasteiger partial charge on any atom is -0.309 e. The van der Waals surface area contributed by atoms with Crippen molar-refractivity contribution in [3.63, 3.8) is 0 Å². The van der Waals surface area contributed by atoms with E-state index < -0.39 is 0 Å². The van der Waals surface area contributed by atoms with E-state index in [-0.39, 0.29) is 0 Å². The molecule has 30 aromatic rings. The van der Waals surface area contributed by atoms with E-state index in [1.165, 1.54) is 231 Å². The maximum absolute atomic E-state index is 2.42. The Labute approximate surface area is 868 Å². The maximum Gasteiger partial charge on any atom is 0.0547 e. The normalized spacial score (nSPS) is 11.6. The third-order valence-electron chi connectivity index (χ3n) is 30.4. The van der Waals surface area contributed by atoms with E-state index in [4.69, 9.17) is 0 Å². The first-order valence-corrected chi connectivity index (χ1v) is 51.6. The van der Waals surface area contributed by atoms with Crippen LogP contribution in [-0.2, 0) is 0 Å². The molecule has 0 radical (unpaired) electrons. The summed E-state index contributed by atoms with van der Waals surface area (Å²) in [4.78, 5) is 0. The van der Waals surface area contributed by atoms with Gasteiger partial charge < -0.3 is 27.4 Å². The Morgan fingerprint density at radius 1 is 0.0733 bits per heavy atom. The van der Waals surface area contributed by atoms with E-state index in [0.717, 1.165) is 34.1 Å². The van der Waals surface area contributed by atoms with Crippen LogP contribution in [0.25, 0.3) is 265 Å². The van der Waals surface area contributed by atoms with Crippen molar-refractivity contribution in [1.29, 1.82) is 0 Å². The van der Waals surface area contributed by atoms with Gasteiger partial charge in [-0.1, -0.05) is 419 Å². The van der Waals surface area contributed by atoms with Gasteiger partial charge in [0.2, 0.25) is 0 Å². The molecule has 0 aliphatic rings. The molecule has 0 saturated carbocycles. The molecule has 0 bridgehead atoms. The summed E-state index contributed by atoms with van der Waals surface area (Å²) in [5, 5.41) is 15.1. The summed E-state index contributed by atoms with van der Waals surface area (Å²) >= 11 is 0. The quantitative estimate of drug-likeness (QED) is 0.0979. The Balaban J connectivity index is 0.000000108. The molecule has 6 nitrogen and oxygen atoms in total. The number of benzene rings is 24. The van der Waals surface area contributed by atoms with Crippen LogP contribution in [0.1, 0.15) is 0 Å². The number of nitrogens with zero attached hydrogens (tertiary/aromatic N) is 6. The predicted molar refractivity (Wildman–Crippen MR) is 634 cm³/mol. The first-order chi connectivity index (χ1) is 74.4. The summed E-state index contributed by atoms with van der Waals surface area (Å²) in [7, 11) is 0. The van der Waals surface area contributed by atoms with Crippen molar-refractivity contribution in [3.8, 4) is 134 Å². The van der Waals surface area contributed by atoms with E-state index in [0.29, 0.717) is 0 Å². The topological polar surface area (TPSA) is 29.6 Å². The van der Waals surface area contributed by atoms with Crippen molar-refractivity contribution in [1.82, 2.24) is 27.4 Å². The van der Waals surface area contributed by atoms with Crippen LogP contribution in [0.5, 0.6) is 0 Å². The molecule has 0 saturated heterocycles. The number of fused-ring (bicyclic) bond motifs is 18. The second-order valence-electron chi connectivity index (χ2n) is 39.0. The van der Waals surface area contributed by atoms with E-state index in [9.17, 15) is 0 Å². The van der Waals surface area contributed by atoms with Gasteiger partial charge in [-0.25, -0.2) is 0 Å². The highest BCUT2D eigenvalue weighted by atomic mass is 15.0. The largest absolute Gasteiger partial charge is 0.309 e. The standard InChI is InChI=1S/3C48H32N2/c1-3-13-33(14-4-1)35-17-11-19-39(29-35)49-46-24-10-8-22-42(46)44-31-37(26-28-47(44)49)38-25-27-43-41-21-7-9-23-45(41)50(48(43)32-38)40-20-12-18-36(30-40)34-15-5-2-6-16-34;1-3-12-33(13-4-1)35-22-26-39(27-23-35)49-46-21-10-8-19-42(46)44-31-37(25-29-47(44)49)38-24-28-43-41-18-7-9-20-45(41)50(48(43)32-38)40-17-11-16-36(30-40)34-14-5-2-6-15-34;1-3-11-33(12-4-1)35-19-25-39(26-20-35)49-46-18-10-8-16-42(46)44-31-37(24-30-47(44)49)38-23-29-43-41-15-7-9-17-45(41)50(48(43)32-38)40-27-21-36(22-28-40)34-13-5-2-6-14-34/h3*1-32H. The Kier molecular flexibility index (Phi) is 21.9. The number of rotatable bonds is 15. The van der Waals surface area contributed by atoms with Gasteiger partial charge in [0.25, 0.3) is 0 Å². The third-order valence-corrected chi connectivity index (χ3v) is 30.4. The summed E-state index contributed by atoms with van der Waals surface area (Å²) in [6, 6.07) is 211. The predicted octanol–water partition coefficient (Wildman–Crippen LogP) is 38.6. The van der Waals surface area contributed by atoms with Crippen molar-refractivity contribution in [2.45, 2.75) is 0 Å². The molecular formula is C144H96N6. The molecule has 30 rings (SSSR count). The van der Waals surface area contributed by atoms with Crippen molar-refractivity contribution < 1.29 is 0 Å². The Hall–Kier alpha value is -19.9. The summed E-state index contributed by atoms with van der Waals surface area (Å²) in [5.74, 6) is 0. The highest BCUT2D eigenvalue weighted by Crippen LogP contribution is 2.46. The molecule has 6 heterocycles. The van der Waals surface area contributed by atoms with Crippen LogP contribution in [0.15, 0.2) is 582 Å². The second-order valence-corrected chi connectivity index (χ2v) is 39.0. The van der Waals surface area contributed by atoms with Gasteiger partial charge >= 0.3 is 0 Å². The van der Waals surface area contributed by atoms with Crippen LogP contribution < -0.4 is 0 Å². The first-order valence-electron chi connectivity index (χ1n) is 51.6. The van der Waals surface area contributed by atoms with Crippen LogP contribution in [-0.4, -0.2) is 27.4 Å². The lowest BCUT2D eigenvalue weighted by atomic mass is 10.0. The lowest BCUT2D eigenvalue weighted by Gasteiger charge is -2.12. The Bertz CT molecular complexity index is 10400. The summed E-state index contributed by atoms with van der Waals surface area (Å²) in [6.07, 6.45) is 0. The lowest BCUT2D eigenvalue weighted by Crippen LogP contribution is -1.95. The van der Waals surface area contributed by atoms with Crippen LogP contribution in [0.2, 0.25) is 0 Å². The van der Waals surface area contributed by atoms with Gasteiger partial charge in [-0.15, -0.1) is 0 Å². The van der Waals surface area contributed by atoms with E-state index >= 15 is 0 Å². The zero-order valence-electron chi connectivity index (χ0n) is 82.1. The molecule has 0 spiro atoms. The fourth-order valence-electron chi connectivity index (χ4n) is 23.2. The van der Waals surface area contributed by atoms with Gasteiger partial charge in [-0.05, 0) is 264 Å². The molecule has 702 valence electrons. The lowest BCUT2D eigenvalue weighted by molar-refractivity contribution is 1.18. The SMILES string of the molecule is c1ccc(-c2ccc(-n3c4ccccc4c4cc(-c5ccc6c7ccccc7n(-c7ccc(-c8ccccc8)cc7)c6c5)ccc43)cc2)cc1.c1ccc(-c2ccc(-n3c4ccccc4c4cc(-c5ccc6c7ccccc7n(-c7cccc(-c8ccccc8)c7)c6c5)ccc43)cc2)cc1.c1ccc(-c2cccc(-n3c4ccccc4c4cc(-c5ccc6c7ccccc7n(-c7cccc(-c8ccccc8)c7)c6c5)ccc43)c2)cc1. The molecule has 0 fully saturated rings. The van der Waals surface area contributed by atoms with Crippen molar-refractivity contribution in [3.05, 3.63) is 582 Å². The van der Waals surface area contributed by atoms with Crippen molar-refractivity contribution in [2.75, 3.05) is 0 Å². The first kappa shape index (κ1) is 87.8. The minimum absolute atomic E-state index is 1.16. The molecule has 0 amide bonds. The Morgan fingerprint density at radius 2 is 0.227 bits per heavy atom. The van der Waals surface area contributed by atoms with Gasteiger partial charge in [-0.3, -0.25) is 0 Å². The molecule has 0 aliphatic heterocycles. The highest BCUT2D eigenvalue weighted by Gasteiger charge is 2.24. The number of hydrogen-bond donors (Lipinski definition) is 0. The smallest absolute Gasteiger partial charge is 0.0547 e. The molecule has 6 heteroatoms. The van der Waals surface area contributed by atoms with Gasteiger partial charge in [0, 0.05) is 98.8 Å². The van der Waals surface area contributed by atoms with Crippen LogP contribution >= 0.6 is 0 Å². The summed E-state index contributed by atoms with van der Waals surface area (Å²) < 4.78 is 14.4. The Morgan fingerprint density at radius 3 is 0.480 bits per heavy atom. The number of aromatic nitrogens is 6. The maximum atomic E-state index is 2.42. The zero-order valence-corrected chi connectivity index (χ0v) is 82.1. The third kappa shape index (κ3) is 15.6. The van der Waals surface area contributed by atoms with Crippen molar-refractivity contribution in [2.24, 2.45) is 0 Å². The fourth-order valence-corrected chi connectivity index (χ4v) is 23.2. The fraction of sp³-hybridized carbons (Fsp3) is 0. The second kappa shape index (κ2) is 37.4. The molecule has 6 aromatic heterocycles. The zero-order chi connectivity index (χ0) is 99.1. The van der Waals surface area contributed by atoms with Gasteiger partial charge in [0.15, 0.2) is 0 Å². The molecular weight excluding hydrogens is 1810 g/mol. The molecule has 0 atom stereocenters. The summed E-state index contributed by atoms with van der Waals surface area (Å²) in [5.41, 5.74) is 43.3. The van der Waals surface area contributed by atoms with Crippen molar-refractivity contribution >= 4 is 131 Å². The summed E-state index contributed by atoms with van der Waals surface area (Å²) in [6.45, 7) is 0. The van der Waals surface area contributed by atoms with Crippen LogP contribution in [0, 0.1) is 0 Å². The highest BCUT2D eigenvalue weighted by molar-refractivity contribution is 6.17. The van der Waals surface area contributed by atoms with Gasteiger partial charge in [-0.2, -0.15) is 0 Å². The van der Waals surface area contributed by atoms with Gasteiger partial charge in [0.1, 0.15) is 0 Å². The molecule has 0 N–H and O–H groups in total. The average Bonchev–Trinajstić information content (AvgIpc) is 1.59. The number of para-hydroxylation sites is 6.